The topological polar surface area (TPSA) is 50.4 Å². The molecule has 0 unspecified atom stereocenters. The van der Waals surface area contributed by atoms with E-state index in [0.29, 0.717) is 18.6 Å². The van der Waals surface area contributed by atoms with Gasteiger partial charge in [0.2, 0.25) is 0 Å². The molecule has 0 aromatic heterocycles. The summed E-state index contributed by atoms with van der Waals surface area (Å²) < 4.78 is 4.55. The summed E-state index contributed by atoms with van der Waals surface area (Å²) in [5.41, 5.74) is -0.318. The summed E-state index contributed by atoms with van der Waals surface area (Å²) in [6.45, 7) is 12.5. The minimum absolute atomic E-state index is 0.318. The molecular formula is C11H24N2O2. The van der Waals surface area contributed by atoms with E-state index in [0.717, 1.165) is 13.1 Å². The average molecular weight is 216 g/mol. The van der Waals surface area contributed by atoms with Crippen LogP contribution in [0.25, 0.3) is 0 Å². The van der Waals surface area contributed by atoms with Gasteiger partial charge in [0.25, 0.3) is 6.47 Å². The van der Waals surface area contributed by atoms with E-state index < -0.39 is 0 Å². The van der Waals surface area contributed by atoms with Gasteiger partial charge in [-0.05, 0) is 34.6 Å². The molecule has 90 valence electrons. The van der Waals surface area contributed by atoms with E-state index >= 15 is 0 Å². The number of hydrogen-bond donors (Lipinski definition) is 2. The van der Waals surface area contributed by atoms with Gasteiger partial charge in [-0.3, -0.25) is 4.79 Å². The second-order valence-electron chi connectivity index (χ2n) is 4.95. The Bertz CT molecular complexity index is 170. The number of piperazine rings is 1. The number of ether oxygens (including phenoxy) is 1. The van der Waals surface area contributed by atoms with Gasteiger partial charge in [-0.1, -0.05) is 0 Å². The Morgan fingerprint density at radius 1 is 1.20 bits per heavy atom. The number of hydrogen-bond acceptors (Lipinski definition) is 4. The highest BCUT2D eigenvalue weighted by atomic mass is 16.5. The maximum atomic E-state index is 9.60. The molecule has 1 heterocycles. The van der Waals surface area contributed by atoms with Gasteiger partial charge < -0.3 is 15.4 Å². The molecule has 15 heavy (non-hydrogen) atoms. The first-order valence-corrected chi connectivity index (χ1v) is 5.43. The Balaban J connectivity index is 0.000000265. The van der Waals surface area contributed by atoms with Crippen LogP contribution in [-0.2, 0) is 9.53 Å². The number of carbonyl (C=O) groups is 1. The minimum atomic E-state index is -0.318. The zero-order valence-corrected chi connectivity index (χ0v) is 10.5. The minimum Gasteiger partial charge on any atom is -0.462 e. The van der Waals surface area contributed by atoms with Crippen LogP contribution in [0.1, 0.15) is 34.6 Å². The fourth-order valence-electron chi connectivity index (χ4n) is 1.26. The molecule has 1 saturated heterocycles. The fourth-order valence-corrected chi connectivity index (χ4v) is 1.26. The van der Waals surface area contributed by atoms with E-state index in [4.69, 9.17) is 0 Å². The molecular weight excluding hydrogens is 192 g/mol. The van der Waals surface area contributed by atoms with Crippen molar-refractivity contribution in [2.75, 3.05) is 13.1 Å². The molecule has 2 N–H and O–H groups in total. The highest BCUT2D eigenvalue weighted by Crippen LogP contribution is 2.02. The zero-order chi connectivity index (χ0) is 11.9. The van der Waals surface area contributed by atoms with Gasteiger partial charge >= 0.3 is 0 Å². The molecule has 1 aliphatic heterocycles. The summed E-state index contributed by atoms with van der Waals surface area (Å²) in [5, 5.41) is 6.74. The van der Waals surface area contributed by atoms with E-state index in [1.165, 1.54) is 0 Å². The third-order valence-corrected chi connectivity index (χ3v) is 1.87. The molecule has 0 aromatic carbocycles. The molecule has 2 atom stereocenters. The van der Waals surface area contributed by atoms with Gasteiger partial charge in [0, 0.05) is 25.2 Å². The molecule has 0 saturated carbocycles. The molecule has 1 fully saturated rings. The van der Waals surface area contributed by atoms with E-state index in [1.54, 1.807) is 0 Å². The van der Waals surface area contributed by atoms with Crippen LogP contribution in [0.15, 0.2) is 0 Å². The SMILES string of the molecule is CC(C)(C)OC=O.C[C@@H]1CNC[C@H](C)N1. The lowest BCUT2D eigenvalue weighted by molar-refractivity contribution is -0.138. The van der Waals surface area contributed by atoms with Gasteiger partial charge in [-0.25, -0.2) is 0 Å². The maximum Gasteiger partial charge on any atom is 0.293 e. The molecule has 0 aliphatic carbocycles. The molecule has 0 radical (unpaired) electrons. The van der Waals surface area contributed by atoms with Crippen molar-refractivity contribution in [3.8, 4) is 0 Å². The number of carbonyl (C=O) groups excluding carboxylic acids is 1. The standard InChI is InChI=1S/C6H14N2.C5H10O2/c1-5-3-7-4-6(2)8-5;1-5(2,3)7-4-6/h5-8H,3-4H2,1-2H3;4H,1-3H3/t5-,6+;. The second-order valence-corrected chi connectivity index (χ2v) is 4.95. The highest BCUT2D eigenvalue weighted by molar-refractivity contribution is 5.37. The van der Waals surface area contributed by atoms with Crippen molar-refractivity contribution in [2.45, 2.75) is 52.3 Å². The van der Waals surface area contributed by atoms with Crippen LogP contribution in [-0.4, -0.2) is 37.2 Å². The third-order valence-electron chi connectivity index (χ3n) is 1.87. The zero-order valence-electron chi connectivity index (χ0n) is 10.5. The molecule has 0 amide bonds. The van der Waals surface area contributed by atoms with Crippen molar-refractivity contribution >= 4 is 6.47 Å². The van der Waals surface area contributed by atoms with Gasteiger partial charge in [0.15, 0.2) is 0 Å². The molecule has 0 aromatic rings. The number of nitrogens with one attached hydrogen (secondary N) is 2. The number of rotatable bonds is 1. The monoisotopic (exact) mass is 216 g/mol. The van der Waals surface area contributed by atoms with Crippen molar-refractivity contribution in [2.24, 2.45) is 0 Å². The van der Waals surface area contributed by atoms with Crippen molar-refractivity contribution < 1.29 is 9.53 Å². The van der Waals surface area contributed by atoms with Gasteiger partial charge in [0.1, 0.15) is 5.60 Å². The Morgan fingerprint density at radius 2 is 1.67 bits per heavy atom. The molecule has 4 heteroatoms. The fraction of sp³-hybridized carbons (Fsp3) is 0.909. The summed E-state index contributed by atoms with van der Waals surface area (Å²) >= 11 is 0. The van der Waals surface area contributed by atoms with Crippen LogP contribution in [0.3, 0.4) is 0 Å². The van der Waals surface area contributed by atoms with Crippen LogP contribution in [0, 0.1) is 0 Å². The summed E-state index contributed by atoms with van der Waals surface area (Å²) in [6.07, 6.45) is 0. The first kappa shape index (κ1) is 14.4. The maximum absolute atomic E-state index is 9.60. The quantitative estimate of drug-likeness (QED) is 0.640. The summed E-state index contributed by atoms with van der Waals surface area (Å²) in [7, 11) is 0. The van der Waals surface area contributed by atoms with Crippen LogP contribution in [0.4, 0.5) is 0 Å². The lowest BCUT2D eigenvalue weighted by Crippen LogP contribution is -2.52. The van der Waals surface area contributed by atoms with E-state index in [1.807, 2.05) is 20.8 Å². The lowest BCUT2D eigenvalue weighted by atomic mass is 10.2. The first-order chi connectivity index (χ1) is 6.85. The Morgan fingerprint density at radius 3 is 1.80 bits per heavy atom. The average Bonchev–Trinajstić information content (AvgIpc) is 2.01. The summed E-state index contributed by atoms with van der Waals surface area (Å²) in [6, 6.07) is 1.30. The van der Waals surface area contributed by atoms with Crippen molar-refractivity contribution in [1.82, 2.24) is 10.6 Å². The molecule has 1 aliphatic rings. The molecule has 0 spiro atoms. The Labute approximate surface area is 92.8 Å². The van der Waals surface area contributed by atoms with Crippen LogP contribution < -0.4 is 10.6 Å². The molecule has 4 nitrogen and oxygen atoms in total. The highest BCUT2D eigenvalue weighted by Gasteiger charge is 2.11. The summed E-state index contributed by atoms with van der Waals surface area (Å²) in [4.78, 5) is 9.60. The summed E-state index contributed by atoms with van der Waals surface area (Å²) in [5.74, 6) is 0. The van der Waals surface area contributed by atoms with Crippen LogP contribution >= 0.6 is 0 Å². The van der Waals surface area contributed by atoms with Crippen LogP contribution in [0.2, 0.25) is 0 Å². The molecule has 1 rings (SSSR count). The van der Waals surface area contributed by atoms with E-state index in [2.05, 4.69) is 29.2 Å². The third kappa shape index (κ3) is 9.69. The predicted molar refractivity (Wildman–Crippen MR) is 61.8 cm³/mol. The smallest absolute Gasteiger partial charge is 0.293 e. The lowest BCUT2D eigenvalue weighted by Gasteiger charge is -2.26. The van der Waals surface area contributed by atoms with Crippen LogP contribution in [0.5, 0.6) is 0 Å². The second kappa shape index (κ2) is 6.80. The van der Waals surface area contributed by atoms with Gasteiger partial charge in [0.05, 0.1) is 0 Å². The van der Waals surface area contributed by atoms with E-state index in [9.17, 15) is 4.79 Å². The van der Waals surface area contributed by atoms with Crippen molar-refractivity contribution in [3.63, 3.8) is 0 Å². The normalized spacial score (nSPS) is 26.2. The van der Waals surface area contributed by atoms with Gasteiger partial charge in [-0.2, -0.15) is 0 Å². The van der Waals surface area contributed by atoms with Gasteiger partial charge in [-0.15, -0.1) is 0 Å². The first-order valence-electron chi connectivity index (χ1n) is 5.43. The van der Waals surface area contributed by atoms with Crippen molar-refractivity contribution in [1.29, 1.82) is 0 Å². The van der Waals surface area contributed by atoms with E-state index in [-0.39, 0.29) is 5.60 Å². The Hall–Kier alpha value is -0.610. The molecule has 0 bridgehead atoms. The Kier molecular flexibility index (Phi) is 6.52. The van der Waals surface area contributed by atoms with Crippen molar-refractivity contribution in [3.05, 3.63) is 0 Å². The largest absolute Gasteiger partial charge is 0.462 e. The predicted octanol–water partition coefficient (Wildman–Crippen LogP) is 0.914.